The maximum Gasteiger partial charge on any atom is 0.166 e. The molecular formula is C17H18O2. The first kappa shape index (κ1) is 12.2. The van der Waals surface area contributed by atoms with E-state index in [-0.39, 0.29) is 11.7 Å². The second-order valence-electron chi connectivity index (χ2n) is 5.38. The molecule has 0 spiro atoms. The number of hydrogen-bond donors (Lipinski definition) is 1. The quantitative estimate of drug-likeness (QED) is 0.873. The zero-order valence-electron chi connectivity index (χ0n) is 11.1. The molecule has 1 fully saturated rings. The number of phenolic OH excluding ortho intramolecular Hbond substituents is 1. The summed E-state index contributed by atoms with van der Waals surface area (Å²) in [6.07, 6.45) is 7.16. The van der Waals surface area contributed by atoms with E-state index in [1.54, 1.807) is 12.1 Å². The number of phenols is 1. The number of benzene rings is 1. The smallest absolute Gasteiger partial charge is 0.166 e. The van der Waals surface area contributed by atoms with Gasteiger partial charge in [-0.2, -0.15) is 0 Å². The molecule has 2 atom stereocenters. The highest BCUT2D eigenvalue weighted by Crippen LogP contribution is 2.49. The average molecular weight is 254 g/mol. The van der Waals surface area contributed by atoms with Crippen LogP contribution in [0.2, 0.25) is 0 Å². The van der Waals surface area contributed by atoms with Crippen LogP contribution in [0.4, 0.5) is 0 Å². The molecule has 0 saturated heterocycles. The molecule has 0 heterocycles. The highest BCUT2D eigenvalue weighted by Gasteiger charge is 2.43. The van der Waals surface area contributed by atoms with Crippen molar-refractivity contribution in [1.82, 2.24) is 0 Å². The third kappa shape index (κ3) is 1.92. The summed E-state index contributed by atoms with van der Waals surface area (Å²) in [4.78, 5) is 12.5. The second-order valence-corrected chi connectivity index (χ2v) is 5.38. The fourth-order valence-corrected chi connectivity index (χ4v) is 3.50. The first-order chi connectivity index (χ1) is 9.22. The standard InChI is InChI=1S/C17H18O2/c1-2-4-15-16(11-7-9-12(18)10-8-11)13-5-3-6-14(13)17(15)19/h2,4,7-10,13-14,18H,3,5-6H2,1H3. The second kappa shape index (κ2) is 4.69. The fourth-order valence-electron chi connectivity index (χ4n) is 3.50. The first-order valence-electron chi connectivity index (χ1n) is 6.93. The predicted octanol–water partition coefficient (Wildman–Crippen LogP) is 3.72. The number of carbonyl (C=O) groups is 1. The van der Waals surface area contributed by atoms with Crippen molar-refractivity contribution in [2.24, 2.45) is 11.8 Å². The molecule has 19 heavy (non-hydrogen) atoms. The lowest BCUT2D eigenvalue weighted by Gasteiger charge is -2.13. The molecule has 1 aromatic rings. The molecule has 98 valence electrons. The Balaban J connectivity index is 2.12. The van der Waals surface area contributed by atoms with Gasteiger partial charge in [0.1, 0.15) is 5.75 Å². The van der Waals surface area contributed by atoms with E-state index in [1.807, 2.05) is 31.2 Å². The van der Waals surface area contributed by atoms with Gasteiger partial charge in [0.15, 0.2) is 5.78 Å². The molecule has 3 rings (SSSR count). The summed E-state index contributed by atoms with van der Waals surface area (Å²) in [6, 6.07) is 7.23. The van der Waals surface area contributed by atoms with Crippen molar-refractivity contribution in [2.45, 2.75) is 26.2 Å². The number of aromatic hydroxyl groups is 1. The van der Waals surface area contributed by atoms with Gasteiger partial charge in [0.25, 0.3) is 0 Å². The molecular weight excluding hydrogens is 236 g/mol. The van der Waals surface area contributed by atoms with Crippen LogP contribution >= 0.6 is 0 Å². The topological polar surface area (TPSA) is 37.3 Å². The third-order valence-electron chi connectivity index (χ3n) is 4.29. The van der Waals surface area contributed by atoms with Crippen LogP contribution in [0.1, 0.15) is 31.7 Å². The van der Waals surface area contributed by atoms with E-state index in [1.165, 1.54) is 5.57 Å². The molecule has 0 radical (unpaired) electrons. The van der Waals surface area contributed by atoms with Gasteiger partial charge in [-0.05, 0) is 49.0 Å². The molecule has 2 nitrogen and oxygen atoms in total. The fraction of sp³-hybridized carbons (Fsp3) is 0.353. The Kier molecular flexibility index (Phi) is 3.02. The van der Waals surface area contributed by atoms with E-state index >= 15 is 0 Å². The number of fused-ring (bicyclic) bond motifs is 1. The summed E-state index contributed by atoms with van der Waals surface area (Å²) >= 11 is 0. The molecule has 1 saturated carbocycles. The lowest BCUT2D eigenvalue weighted by Crippen LogP contribution is -2.11. The van der Waals surface area contributed by atoms with Gasteiger partial charge in [0.2, 0.25) is 0 Å². The van der Waals surface area contributed by atoms with Gasteiger partial charge in [-0.25, -0.2) is 0 Å². The normalized spacial score (nSPS) is 26.5. The van der Waals surface area contributed by atoms with Crippen LogP contribution in [0.5, 0.6) is 5.75 Å². The number of rotatable bonds is 2. The van der Waals surface area contributed by atoms with Crippen LogP contribution in [-0.2, 0) is 4.79 Å². The zero-order chi connectivity index (χ0) is 13.4. The largest absolute Gasteiger partial charge is 0.508 e. The van der Waals surface area contributed by atoms with E-state index in [0.717, 1.165) is 30.4 Å². The van der Waals surface area contributed by atoms with Gasteiger partial charge in [-0.1, -0.05) is 30.7 Å². The minimum atomic E-state index is 0.190. The summed E-state index contributed by atoms with van der Waals surface area (Å²) < 4.78 is 0. The van der Waals surface area contributed by atoms with Gasteiger partial charge >= 0.3 is 0 Å². The number of carbonyl (C=O) groups excluding carboxylic acids is 1. The predicted molar refractivity (Wildman–Crippen MR) is 75.7 cm³/mol. The van der Waals surface area contributed by atoms with Crippen molar-refractivity contribution in [3.63, 3.8) is 0 Å². The summed E-state index contributed by atoms with van der Waals surface area (Å²) in [6.45, 7) is 1.95. The Bertz CT molecular complexity index is 563. The summed E-state index contributed by atoms with van der Waals surface area (Å²) in [5, 5.41) is 9.41. The highest BCUT2D eigenvalue weighted by molar-refractivity contribution is 6.12. The van der Waals surface area contributed by atoms with Crippen LogP contribution in [0.25, 0.3) is 5.57 Å². The average Bonchev–Trinajstić information content (AvgIpc) is 2.96. The van der Waals surface area contributed by atoms with E-state index in [9.17, 15) is 9.90 Å². The summed E-state index contributed by atoms with van der Waals surface area (Å²) in [5.41, 5.74) is 3.14. The summed E-state index contributed by atoms with van der Waals surface area (Å²) in [5.74, 6) is 1.14. The van der Waals surface area contributed by atoms with Gasteiger partial charge in [-0.3, -0.25) is 4.79 Å². The van der Waals surface area contributed by atoms with Crippen molar-refractivity contribution in [3.05, 3.63) is 47.6 Å². The molecule has 0 amide bonds. The zero-order valence-corrected chi connectivity index (χ0v) is 11.1. The molecule has 2 heteroatoms. The van der Waals surface area contributed by atoms with E-state index in [4.69, 9.17) is 0 Å². The van der Waals surface area contributed by atoms with Crippen molar-refractivity contribution in [1.29, 1.82) is 0 Å². The van der Waals surface area contributed by atoms with Gasteiger partial charge in [0.05, 0.1) is 0 Å². The molecule has 2 aliphatic rings. The minimum Gasteiger partial charge on any atom is -0.508 e. The third-order valence-corrected chi connectivity index (χ3v) is 4.29. The van der Waals surface area contributed by atoms with Crippen LogP contribution in [0.3, 0.4) is 0 Å². The van der Waals surface area contributed by atoms with Crippen molar-refractivity contribution in [3.8, 4) is 5.75 Å². The lowest BCUT2D eigenvalue weighted by atomic mass is 9.90. The van der Waals surface area contributed by atoms with Gasteiger partial charge in [-0.15, -0.1) is 0 Å². The molecule has 0 aliphatic heterocycles. The maximum atomic E-state index is 12.5. The van der Waals surface area contributed by atoms with E-state index in [2.05, 4.69) is 0 Å². The van der Waals surface area contributed by atoms with Crippen LogP contribution in [-0.4, -0.2) is 10.9 Å². The van der Waals surface area contributed by atoms with Crippen molar-refractivity contribution >= 4 is 11.4 Å². The van der Waals surface area contributed by atoms with Crippen LogP contribution in [0.15, 0.2) is 42.0 Å². The number of hydrogen-bond acceptors (Lipinski definition) is 2. The van der Waals surface area contributed by atoms with Crippen molar-refractivity contribution < 1.29 is 9.90 Å². The minimum absolute atomic E-state index is 0.190. The molecule has 2 aliphatic carbocycles. The maximum absolute atomic E-state index is 12.5. The van der Waals surface area contributed by atoms with E-state index in [0.29, 0.717) is 11.7 Å². The Morgan fingerprint density at radius 2 is 1.84 bits per heavy atom. The Hall–Kier alpha value is -1.83. The van der Waals surface area contributed by atoms with Crippen LogP contribution < -0.4 is 0 Å². The van der Waals surface area contributed by atoms with Gasteiger partial charge < -0.3 is 5.11 Å². The number of ketones is 1. The van der Waals surface area contributed by atoms with Crippen LogP contribution in [0, 0.1) is 11.8 Å². The molecule has 2 unspecified atom stereocenters. The van der Waals surface area contributed by atoms with E-state index < -0.39 is 0 Å². The summed E-state index contributed by atoms with van der Waals surface area (Å²) in [7, 11) is 0. The van der Waals surface area contributed by atoms with Crippen molar-refractivity contribution in [2.75, 3.05) is 0 Å². The highest BCUT2D eigenvalue weighted by atomic mass is 16.3. The lowest BCUT2D eigenvalue weighted by molar-refractivity contribution is -0.118. The first-order valence-corrected chi connectivity index (χ1v) is 6.93. The Morgan fingerprint density at radius 3 is 2.53 bits per heavy atom. The monoisotopic (exact) mass is 254 g/mol. The molecule has 1 aromatic carbocycles. The molecule has 1 N–H and O–H groups in total. The molecule has 0 bridgehead atoms. The Labute approximate surface area is 113 Å². The Morgan fingerprint density at radius 1 is 1.16 bits per heavy atom. The molecule has 0 aromatic heterocycles. The number of Topliss-reactive ketones (excluding diaryl/α,β-unsaturated/α-hetero) is 1. The number of allylic oxidation sites excluding steroid dienone is 4. The SMILES string of the molecule is CC=CC1=C(c2ccc(O)cc2)C2CCCC2C1=O. The van der Waals surface area contributed by atoms with Gasteiger partial charge in [0, 0.05) is 11.5 Å².